The van der Waals surface area contributed by atoms with Gasteiger partial charge in [0.15, 0.2) is 0 Å². The highest BCUT2D eigenvalue weighted by molar-refractivity contribution is 5.96. The van der Waals surface area contributed by atoms with Gasteiger partial charge >= 0.3 is 6.09 Å². The first-order chi connectivity index (χ1) is 12.5. The van der Waals surface area contributed by atoms with Crippen LogP contribution in [0.1, 0.15) is 45.9 Å². The molecule has 0 spiro atoms. The van der Waals surface area contributed by atoms with Crippen molar-refractivity contribution in [3.63, 3.8) is 0 Å². The van der Waals surface area contributed by atoms with Gasteiger partial charge in [-0.05, 0) is 50.5 Å². The maximum absolute atomic E-state index is 13.1. The van der Waals surface area contributed by atoms with Crippen LogP contribution >= 0.6 is 0 Å². The molecule has 1 atom stereocenters. The number of hydrogen-bond acceptors (Lipinski definition) is 3. The molecular formula is C21H24N2O3. The van der Waals surface area contributed by atoms with E-state index in [2.05, 4.69) is 42.1 Å². The average molecular weight is 352 g/mol. The molecule has 1 saturated heterocycles. The van der Waals surface area contributed by atoms with E-state index < -0.39 is 6.09 Å². The number of nitrogens with one attached hydrogen (secondary N) is 1. The van der Waals surface area contributed by atoms with Gasteiger partial charge in [-0.3, -0.25) is 10.1 Å². The minimum Gasteiger partial charge on any atom is -0.453 e. The van der Waals surface area contributed by atoms with Crippen LogP contribution in [0.5, 0.6) is 0 Å². The Bertz CT molecular complexity index is 812. The lowest BCUT2D eigenvalue weighted by Gasteiger charge is -2.26. The molecule has 26 heavy (non-hydrogen) atoms. The topological polar surface area (TPSA) is 58.6 Å². The number of aryl methyl sites for hydroxylation is 2. The predicted molar refractivity (Wildman–Crippen MR) is 101 cm³/mol. The van der Waals surface area contributed by atoms with E-state index >= 15 is 0 Å². The number of hydrogen-bond donors (Lipinski definition) is 1. The van der Waals surface area contributed by atoms with E-state index in [1.165, 1.54) is 23.8 Å². The number of rotatable bonds is 3. The molecule has 1 aliphatic rings. The van der Waals surface area contributed by atoms with Gasteiger partial charge in [-0.1, -0.05) is 35.4 Å². The highest BCUT2D eigenvalue weighted by Crippen LogP contribution is 2.34. The Morgan fingerprint density at radius 3 is 2.54 bits per heavy atom. The van der Waals surface area contributed by atoms with Crippen LogP contribution in [-0.4, -0.2) is 30.6 Å². The van der Waals surface area contributed by atoms with Crippen molar-refractivity contribution in [2.75, 3.05) is 19.0 Å². The maximum atomic E-state index is 13.1. The molecule has 5 heteroatoms. The van der Waals surface area contributed by atoms with Crippen molar-refractivity contribution in [3.05, 3.63) is 64.7 Å². The zero-order valence-corrected chi connectivity index (χ0v) is 15.4. The number of ether oxygens (including phenoxy) is 1. The van der Waals surface area contributed by atoms with Gasteiger partial charge < -0.3 is 9.64 Å². The first kappa shape index (κ1) is 18.0. The van der Waals surface area contributed by atoms with Crippen LogP contribution in [-0.2, 0) is 4.74 Å². The molecule has 5 nitrogen and oxygen atoms in total. The molecule has 0 bridgehead atoms. The Hall–Kier alpha value is -2.82. The summed E-state index contributed by atoms with van der Waals surface area (Å²) in [6, 6.07) is 13.5. The molecule has 2 amide bonds. The van der Waals surface area contributed by atoms with Crippen LogP contribution in [0.25, 0.3) is 0 Å². The molecule has 136 valence electrons. The molecule has 2 aromatic rings. The van der Waals surface area contributed by atoms with Crippen molar-refractivity contribution in [2.24, 2.45) is 0 Å². The Balaban J connectivity index is 1.84. The quantitative estimate of drug-likeness (QED) is 0.887. The van der Waals surface area contributed by atoms with Crippen LogP contribution in [0.4, 0.5) is 10.5 Å². The molecule has 1 N–H and O–H groups in total. The third-order valence-corrected chi connectivity index (χ3v) is 4.68. The van der Waals surface area contributed by atoms with Crippen molar-refractivity contribution in [1.29, 1.82) is 0 Å². The summed E-state index contributed by atoms with van der Waals surface area (Å²) in [5, 5.41) is 2.60. The second-order valence-corrected chi connectivity index (χ2v) is 6.78. The summed E-state index contributed by atoms with van der Waals surface area (Å²) in [6.07, 6.45) is 1.40. The van der Waals surface area contributed by atoms with Crippen molar-refractivity contribution < 1.29 is 14.3 Å². The van der Waals surface area contributed by atoms with E-state index in [4.69, 9.17) is 0 Å². The Morgan fingerprint density at radius 2 is 1.85 bits per heavy atom. The minimum atomic E-state index is -0.552. The normalized spacial score (nSPS) is 16.4. The van der Waals surface area contributed by atoms with Crippen LogP contribution in [0.2, 0.25) is 0 Å². The zero-order chi connectivity index (χ0) is 18.7. The van der Waals surface area contributed by atoms with Gasteiger partial charge in [0.2, 0.25) is 0 Å². The number of carbonyl (C=O) groups excluding carboxylic acids is 2. The van der Waals surface area contributed by atoms with Crippen molar-refractivity contribution >= 4 is 17.7 Å². The van der Waals surface area contributed by atoms with Gasteiger partial charge in [0, 0.05) is 17.8 Å². The number of carbonyl (C=O) groups is 2. The SMILES string of the molecule is COC(=O)Nc1cccc(C(=O)N2CCCC2c2cc(C)cc(C)c2)c1. The molecular weight excluding hydrogens is 328 g/mol. The van der Waals surface area contributed by atoms with E-state index in [1.54, 1.807) is 24.3 Å². The Morgan fingerprint density at radius 1 is 1.12 bits per heavy atom. The summed E-state index contributed by atoms with van der Waals surface area (Å²) in [4.78, 5) is 26.4. The number of nitrogens with zero attached hydrogens (tertiary/aromatic N) is 1. The summed E-state index contributed by atoms with van der Waals surface area (Å²) in [5.74, 6) is -0.0137. The molecule has 2 aromatic carbocycles. The third kappa shape index (κ3) is 3.87. The van der Waals surface area contributed by atoms with E-state index in [0.717, 1.165) is 19.4 Å². The monoisotopic (exact) mass is 352 g/mol. The van der Waals surface area contributed by atoms with Gasteiger partial charge in [-0.25, -0.2) is 4.79 Å². The molecule has 0 aromatic heterocycles. The molecule has 1 fully saturated rings. The van der Waals surface area contributed by atoms with Gasteiger partial charge in [0.25, 0.3) is 5.91 Å². The van der Waals surface area contributed by atoms with E-state index in [9.17, 15) is 9.59 Å². The first-order valence-electron chi connectivity index (χ1n) is 8.82. The molecule has 1 heterocycles. The Labute approximate surface area is 154 Å². The fraction of sp³-hybridized carbons (Fsp3) is 0.333. The van der Waals surface area contributed by atoms with Crippen LogP contribution < -0.4 is 5.32 Å². The highest BCUT2D eigenvalue weighted by atomic mass is 16.5. The molecule has 0 aliphatic carbocycles. The minimum absolute atomic E-state index is 0.0137. The number of benzene rings is 2. The standard InChI is InChI=1S/C21H24N2O3/c1-14-10-15(2)12-17(11-14)19-8-5-9-23(19)20(24)16-6-4-7-18(13-16)22-21(25)26-3/h4,6-7,10-13,19H,5,8-9H2,1-3H3,(H,22,25). The lowest BCUT2D eigenvalue weighted by molar-refractivity contribution is 0.0735. The summed E-state index contributed by atoms with van der Waals surface area (Å²) < 4.78 is 4.61. The van der Waals surface area contributed by atoms with E-state index in [0.29, 0.717) is 11.3 Å². The maximum Gasteiger partial charge on any atom is 0.411 e. The van der Waals surface area contributed by atoms with Crippen molar-refractivity contribution in [2.45, 2.75) is 32.7 Å². The Kier molecular flexibility index (Phi) is 5.26. The lowest BCUT2D eigenvalue weighted by Crippen LogP contribution is -2.30. The van der Waals surface area contributed by atoms with Crippen LogP contribution in [0.15, 0.2) is 42.5 Å². The summed E-state index contributed by atoms with van der Waals surface area (Å²) in [6.45, 7) is 4.91. The smallest absolute Gasteiger partial charge is 0.411 e. The molecule has 1 aliphatic heterocycles. The zero-order valence-electron chi connectivity index (χ0n) is 15.4. The molecule has 3 rings (SSSR count). The van der Waals surface area contributed by atoms with Crippen molar-refractivity contribution in [1.82, 2.24) is 4.90 Å². The van der Waals surface area contributed by atoms with Crippen LogP contribution in [0, 0.1) is 13.8 Å². The molecule has 0 saturated carbocycles. The fourth-order valence-electron chi connectivity index (χ4n) is 3.62. The second-order valence-electron chi connectivity index (χ2n) is 6.78. The number of methoxy groups -OCH3 is 1. The van der Waals surface area contributed by atoms with Gasteiger partial charge in [-0.15, -0.1) is 0 Å². The van der Waals surface area contributed by atoms with E-state index in [-0.39, 0.29) is 11.9 Å². The summed E-state index contributed by atoms with van der Waals surface area (Å²) in [5.41, 5.74) is 4.73. The van der Waals surface area contributed by atoms with Crippen molar-refractivity contribution in [3.8, 4) is 0 Å². The lowest BCUT2D eigenvalue weighted by atomic mass is 9.99. The molecule has 0 radical (unpaired) electrons. The van der Waals surface area contributed by atoms with Gasteiger partial charge in [0.1, 0.15) is 0 Å². The molecule has 1 unspecified atom stereocenters. The summed E-state index contributed by atoms with van der Waals surface area (Å²) >= 11 is 0. The van der Waals surface area contributed by atoms with E-state index in [1.807, 2.05) is 4.90 Å². The third-order valence-electron chi connectivity index (χ3n) is 4.68. The summed E-state index contributed by atoms with van der Waals surface area (Å²) in [7, 11) is 1.31. The fourth-order valence-corrected chi connectivity index (χ4v) is 3.62. The second kappa shape index (κ2) is 7.60. The number of anilines is 1. The first-order valence-corrected chi connectivity index (χ1v) is 8.82. The number of amides is 2. The predicted octanol–water partition coefficient (Wildman–Crippen LogP) is 4.46. The van der Waals surface area contributed by atoms with Crippen LogP contribution in [0.3, 0.4) is 0 Å². The number of likely N-dealkylation sites (tertiary alicyclic amines) is 1. The largest absolute Gasteiger partial charge is 0.453 e. The average Bonchev–Trinajstić information content (AvgIpc) is 3.10. The highest BCUT2D eigenvalue weighted by Gasteiger charge is 2.30. The van der Waals surface area contributed by atoms with Gasteiger partial charge in [0.05, 0.1) is 13.2 Å². The van der Waals surface area contributed by atoms with Gasteiger partial charge in [-0.2, -0.15) is 0 Å².